The van der Waals surface area contributed by atoms with Crippen LogP contribution in [0.3, 0.4) is 0 Å². The monoisotopic (exact) mass is 212 g/mol. The molecule has 0 radical (unpaired) electrons. The molecule has 5 heteroatoms. The van der Waals surface area contributed by atoms with Gasteiger partial charge >= 0.3 is 0 Å². The van der Waals surface area contributed by atoms with Gasteiger partial charge in [0, 0.05) is 11.6 Å². The normalized spacial score (nSPS) is 10.4. The third-order valence-corrected chi connectivity index (χ3v) is 2.39. The Kier molecular flexibility index (Phi) is 2.17. The zero-order chi connectivity index (χ0) is 10.1. The molecule has 0 unspecified atom stereocenters. The van der Waals surface area contributed by atoms with Crippen molar-refractivity contribution in [1.82, 2.24) is 4.98 Å². The molecule has 0 fully saturated rings. The third-order valence-electron chi connectivity index (χ3n) is 1.73. The van der Waals surface area contributed by atoms with Crippen LogP contribution in [0.1, 0.15) is 0 Å². The SMILES string of the molecule is Nc1scnc1-c1cc(F)cc(F)c1. The molecule has 0 atom stereocenters. The second kappa shape index (κ2) is 3.34. The first kappa shape index (κ1) is 9.08. The Morgan fingerprint density at radius 1 is 1.14 bits per heavy atom. The van der Waals surface area contributed by atoms with E-state index in [0.29, 0.717) is 16.3 Å². The number of nitrogens with two attached hydrogens (primary N) is 1. The highest BCUT2D eigenvalue weighted by Gasteiger charge is 2.08. The van der Waals surface area contributed by atoms with E-state index in [1.54, 1.807) is 0 Å². The van der Waals surface area contributed by atoms with Gasteiger partial charge in [-0.25, -0.2) is 13.8 Å². The molecular weight excluding hydrogens is 206 g/mol. The maximum absolute atomic E-state index is 12.8. The lowest BCUT2D eigenvalue weighted by Crippen LogP contribution is -1.88. The largest absolute Gasteiger partial charge is 0.389 e. The molecule has 0 saturated carbocycles. The summed E-state index contributed by atoms with van der Waals surface area (Å²) >= 11 is 1.23. The summed E-state index contributed by atoms with van der Waals surface area (Å²) in [5.74, 6) is -1.26. The molecular formula is C9H6F2N2S. The lowest BCUT2D eigenvalue weighted by atomic mass is 10.1. The summed E-state index contributed by atoms with van der Waals surface area (Å²) in [6.07, 6.45) is 0. The second-order valence-electron chi connectivity index (χ2n) is 2.72. The summed E-state index contributed by atoms with van der Waals surface area (Å²) in [6, 6.07) is 3.22. The van der Waals surface area contributed by atoms with E-state index in [1.165, 1.54) is 29.0 Å². The number of hydrogen-bond donors (Lipinski definition) is 1. The van der Waals surface area contributed by atoms with Crippen molar-refractivity contribution >= 4 is 16.3 Å². The molecule has 0 aliphatic heterocycles. The van der Waals surface area contributed by atoms with Crippen molar-refractivity contribution in [3.8, 4) is 11.3 Å². The van der Waals surface area contributed by atoms with Crippen LogP contribution in [0.25, 0.3) is 11.3 Å². The van der Waals surface area contributed by atoms with Crippen LogP contribution in [0.2, 0.25) is 0 Å². The summed E-state index contributed by atoms with van der Waals surface area (Å²) in [6.45, 7) is 0. The van der Waals surface area contributed by atoms with Crippen LogP contribution in [0.15, 0.2) is 23.7 Å². The number of hydrogen-bond acceptors (Lipinski definition) is 3. The van der Waals surface area contributed by atoms with Crippen LogP contribution < -0.4 is 5.73 Å². The van der Waals surface area contributed by atoms with Crippen molar-refractivity contribution in [2.75, 3.05) is 5.73 Å². The highest BCUT2D eigenvalue weighted by molar-refractivity contribution is 7.14. The zero-order valence-electron chi connectivity index (χ0n) is 7.00. The van der Waals surface area contributed by atoms with Gasteiger partial charge in [0.2, 0.25) is 0 Å². The van der Waals surface area contributed by atoms with Gasteiger partial charge in [0.25, 0.3) is 0 Å². The van der Waals surface area contributed by atoms with Crippen molar-refractivity contribution in [2.45, 2.75) is 0 Å². The van der Waals surface area contributed by atoms with Gasteiger partial charge in [0.15, 0.2) is 0 Å². The van der Waals surface area contributed by atoms with Gasteiger partial charge < -0.3 is 5.73 Å². The van der Waals surface area contributed by atoms with Crippen LogP contribution in [-0.4, -0.2) is 4.98 Å². The van der Waals surface area contributed by atoms with E-state index in [0.717, 1.165) is 6.07 Å². The van der Waals surface area contributed by atoms with Gasteiger partial charge in [-0.15, -0.1) is 11.3 Å². The summed E-state index contributed by atoms with van der Waals surface area (Å²) in [5.41, 5.74) is 7.91. The molecule has 2 rings (SSSR count). The standard InChI is InChI=1S/C9H6F2N2S/c10-6-1-5(2-7(11)3-6)8-9(12)14-4-13-8/h1-4H,12H2. The number of aromatic nitrogens is 1. The van der Waals surface area contributed by atoms with Crippen LogP contribution in [0.4, 0.5) is 13.8 Å². The zero-order valence-corrected chi connectivity index (χ0v) is 7.81. The summed E-state index contributed by atoms with van der Waals surface area (Å²) in [7, 11) is 0. The predicted octanol–water partition coefficient (Wildman–Crippen LogP) is 2.67. The van der Waals surface area contributed by atoms with Crippen LogP contribution >= 0.6 is 11.3 Å². The lowest BCUT2D eigenvalue weighted by Gasteiger charge is -1.99. The number of benzene rings is 1. The van der Waals surface area contributed by atoms with Gasteiger partial charge in [-0.1, -0.05) is 0 Å². The Morgan fingerprint density at radius 2 is 1.79 bits per heavy atom. The van der Waals surface area contributed by atoms with Crippen molar-refractivity contribution in [1.29, 1.82) is 0 Å². The summed E-state index contributed by atoms with van der Waals surface area (Å²) in [5, 5.41) is 0.454. The minimum Gasteiger partial charge on any atom is -0.389 e. The molecule has 0 amide bonds. The van der Waals surface area contributed by atoms with Crippen molar-refractivity contribution < 1.29 is 8.78 Å². The van der Waals surface area contributed by atoms with E-state index in [-0.39, 0.29) is 0 Å². The predicted molar refractivity (Wildman–Crippen MR) is 51.9 cm³/mol. The smallest absolute Gasteiger partial charge is 0.126 e. The highest BCUT2D eigenvalue weighted by atomic mass is 32.1. The van der Waals surface area contributed by atoms with E-state index in [9.17, 15) is 8.78 Å². The molecule has 0 saturated heterocycles. The average Bonchev–Trinajstić information content (AvgIpc) is 2.49. The van der Waals surface area contributed by atoms with Crippen molar-refractivity contribution in [2.24, 2.45) is 0 Å². The highest BCUT2D eigenvalue weighted by Crippen LogP contribution is 2.28. The molecule has 2 N–H and O–H groups in total. The van der Waals surface area contributed by atoms with Crippen LogP contribution in [0.5, 0.6) is 0 Å². The van der Waals surface area contributed by atoms with Gasteiger partial charge in [-0.2, -0.15) is 0 Å². The number of halogens is 2. The first-order chi connectivity index (χ1) is 6.66. The lowest BCUT2D eigenvalue weighted by molar-refractivity contribution is 0.584. The molecule has 2 nitrogen and oxygen atoms in total. The summed E-state index contributed by atoms with van der Waals surface area (Å²) in [4.78, 5) is 3.93. The van der Waals surface area contributed by atoms with E-state index in [4.69, 9.17) is 5.73 Å². The number of thiazole rings is 1. The molecule has 1 heterocycles. The fourth-order valence-corrected chi connectivity index (χ4v) is 1.72. The molecule has 1 aromatic carbocycles. The Bertz CT molecular complexity index is 447. The second-order valence-corrected chi connectivity index (χ2v) is 3.61. The van der Waals surface area contributed by atoms with Gasteiger partial charge in [0.1, 0.15) is 22.3 Å². The van der Waals surface area contributed by atoms with Gasteiger partial charge in [-0.3, -0.25) is 0 Å². The van der Waals surface area contributed by atoms with Crippen LogP contribution in [0, 0.1) is 11.6 Å². The first-order valence-electron chi connectivity index (χ1n) is 3.82. The third kappa shape index (κ3) is 1.58. The molecule has 0 aliphatic carbocycles. The quantitative estimate of drug-likeness (QED) is 0.789. The Hall–Kier alpha value is -1.49. The van der Waals surface area contributed by atoms with Gasteiger partial charge in [-0.05, 0) is 12.1 Å². The Labute approximate surface area is 83.0 Å². The number of nitrogen functional groups attached to an aromatic ring is 1. The molecule has 1 aromatic heterocycles. The van der Waals surface area contributed by atoms with Crippen molar-refractivity contribution in [3.05, 3.63) is 35.3 Å². The van der Waals surface area contributed by atoms with Gasteiger partial charge in [0.05, 0.1) is 5.51 Å². The number of anilines is 1. The fourth-order valence-electron chi connectivity index (χ4n) is 1.16. The molecule has 0 spiro atoms. The number of rotatable bonds is 1. The fraction of sp³-hybridized carbons (Fsp3) is 0. The topological polar surface area (TPSA) is 38.9 Å². The molecule has 2 aromatic rings. The Balaban J connectivity index is 2.57. The van der Waals surface area contributed by atoms with E-state index >= 15 is 0 Å². The molecule has 0 bridgehead atoms. The first-order valence-corrected chi connectivity index (χ1v) is 4.70. The Morgan fingerprint density at radius 3 is 2.29 bits per heavy atom. The average molecular weight is 212 g/mol. The van der Waals surface area contributed by atoms with E-state index in [2.05, 4.69) is 4.98 Å². The minimum absolute atomic E-state index is 0.362. The molecule has 0 aliphatic rings. The molecule has 14 heavy (non-hydrogen) atoms. The van der Waals surface area contributed by atoms with Crippen molar-refractivity contribution in [3.63, 3.8) is 0 Å². The van der Waals surface area contributed by atoms with E-state index in [1.807, 2.05) is 0 Å². The maximum Gasteiger partial charge on any atom is 0.126 e. The minimum atomic E-state index is -0.632. The van der Waals surface area contributed by atoms with E-state index < -0.39 is 11.6 Å². The van der Waals surface area contributed by atoms with Crippen LogP contribution in [-0.2, 0) is 0 Å². The number of nitrogens with zero attached hydrogens (tertiary/aromatic N) is 1. The summed E-state index contributed by atoms with van der Waals surface area (Å²) < 4.78 is 25.7. The maximum atomic E-state index is 12.8. The molecule has 72 valence electrons.